The molecule has 15 heavy (non-hydrogen) atoms. The fourth-order valence-corrected chi connectivity index (χ4v) is 2.71. The molecule has 1 fully saturated rings. The molecule has 1 aromatic rings. The number of halogens is 1. The minimum Gasteiger partial charge on any atom is -0.333 e. The highest BCUT2D eigenvalue weighted by molar-refractivity contribution is 6.30. The fourth-order valence-electron chi connectivity index (χ4n) is 2.38. The molecule has 1 heterocycles. The maximum absolute atomic E-state index is 6.26. The average Bonchev–Trinajstić information content (AvgIpc) is 2.85. The summed E-state index contributed by atoms with van der Waals surface area (Å²) in [7, 11) is 0. The average molecular weight is 228 g/mol. The molecule has 2 rings (SSSR count). The summed E-state index contributed by atoms with van der Waals surface area (Å²) in [6, 6.07) is 0. The highest BCUT2D eigenvalue weighted by Crippen LogP contribution is 2.56. The number of aromatic nitrogens is 2. The van der Waals surface area contributed by atoms with Crippen LogP contribution in [0.3, 0.4) is 0 Å². The van der Waals surface area contributed by atoms with Gasteiger partial charge in [-0.3, -0.25) is 0 Å². The minimum absolute atomic E-state index is 0.0383. The Morgan fingerprint density at radius 2 is 2.20 bits per heavy atom. The first kappa shape index (κ1) is 11.0. The van der Waals surface area contributed by atoms with Gasteiger partial charge in [0.2, 0.25) is 0 Å². The Kier molecular flexibility index (Phi) is 2.36. The van der Waals surface area contributed by atoms with E-state index in [1.165, 1.54) is 0 Å². The number of nitrogens with zero attached hydrogens (tertiary/aromatic N) is 2. The summed E-state index contributed by atoms with van der Waals surface area (Å²) >= 11 is 6.17. The van der Waals surface area contributed by atoms with Crippen LogP contribution in [0.5, 0.6) is 0 Å². The van der Waals surface area contributed by atoms with Crippen molar-refractivity contribution < 1.29 is 0 Å². The summed E-state index contributed by atoms with van der Waals surface area (Å²) < 4.78 is 2.12. The standard InChI is InChI=1S/C11H18ClN3/c1-4-15-7-14-9(12)8(15)11(5-6-11)10(2,3)13/h7H,4-6,13H2,1-3H3. The second-order valence-corrected chi connectivity index (χ2v) is 5.33. The number of nitrogens with two attached hydrogens (primary N) is 1. The van der Waals surface area contributed by atoms with Crippen molar-refractivity contribution in [3.05, 3.63) is 17.2 Å². The fraction of sp³-hybridized carbons (Fsp3) is 0.727. The topological polar surface area (TPSA) is 43.8 Å². The SMILES string of the molecule is CCn1cnc(Cl)c1C1(C(C)(C)N)CC1. The number of hydrogen-bond donors (Lipinski definition) is 1. The molecule has 1 saturated carbocycles. The summed E-state index contributed by atoms with van der Waals surface area (Å²) in [6.07, 6.45) is 4.04. The van der Waals surface area contributed by atoms with Gasteiger partial charge in [-0.15, -0.1) is 0 Å². The molecule has 0 bridgehead atoms. The molecular weight excluding hydrogens is 210 g/mol. The van der Waals surface area contributed by atoms with Crippen LogP contribution >= 0.6 is 11.6 Å². The van der Waals surface area contributed by atoms with Crippen LogP contribution in [0.25, 0.3) is 0 Å². The van der Waals surface area contributed by atoms with Crippen molar-refractivity contribution in [2.75, 3.05) is 0 Å². The molecule has 0 saturated heterocycles. The Morgan fingerprint density at radius 1 is 1.60 bits per heavy atom. The van der Waals surface area contributed by atoms with Gasteiger partial charge >= 0.3 is 0 Å². The molecule has 0 unspecified atom stereocenters. The van der Waals surface area contributed by atoms with Crippen molar-refractivity contribution in [2.45, 2.75) is 51.1 Å². The third kappa shape index (κ3) is 1.49. The Labute approximate surface area is 95.6 Å². The second kappa shape index (κ2) is 3.22. The van der Waals surface area contributed by atoms with Gasteiger partial charge in [-0.05, 0) is 33.6 Å². The van der Waals surface area contributed by atoms with Crippen LogP contribution in [0.1, 0.15) is 39.3 Å². The molecule has 0 spiro atoms. The lowest BCUT2D eigenvalue weighted by atomic mass is 9.82. The van der Waals surface area contributed by atoms with E-state index in [9.17, 15) is 0 Å². The van der Waals surface area contributed by atoms with Crippen molar-refractivity contribution in [2.24, 2.45) is 5.73 Å². The minimum atomic E-state index is -0.233. The van der Waals surface area contributed by atoms with Gasteiger partial charge in [0.05, 0.1) is 12.0 Å². The van der Waals surface area contributed by atoms with Gasteiger partial charge in [0, 0.05) is 17.5 Å². The first-order valence-corrected chi connectivity index (χ1v) is 5.80. The smallest absolute Gasteiger partial charge is 0.150 e. The zero-order valence-electron chi connectivity index (χ0n) is 9.55. The molecule has 4 heteroatoms. The van der Waals surface area contributed by atoms with Crippen LogP contribution in [0.15, 0.2) is 6.33 Å². The van der Waals surface area contributed by atoms with Crippen molar-refractivity contribution in [1.29, 1.82) is 0 Å². The third-order valence-electron chi connectivity index (χ3n) is 3.57. The van der Waals surface area contributed by atoms with Crippen LogP contribution in [0, 0.1) is 0 Å². The van der Waals surface area contributed by atoms with E-state index in [0.29, 0.717) is 5.15 Å². The lowest BCUT2D eigenvalue weighted by Gasteiger charge is -2.31. The Balaban J connectivity index is 2.50. The van der Waals surface area contributed by atoms with Crippen molar-refractivity contribution in [1.82, 2.24) is 9.55 Å². The summed E-state index contributed by atoms with van der Waals surface area (Å²) in [5.74, 6) is 0. The van der Waals surface area contributed by atoms with Crippen LogP contribution in [0.2, 0.25) is 5.15 Å². The summed E-state index contributed by atoms with van der Waals surface area (Å²) in [5, 5.41) is 0.618. The first-order valence-electron chi connectivity index (χ1n) is 5.42. The number of imidazole rings is 1. The third-order valence-corrected chi connectivity index (χ3v) is 3.85. The molecular formula is C11H18ClN3. The molecule has 0 aliphatic heterocycles. The Bertz CT molecular complexity index is 372. The van der Waals surface area contributed by atoms with E-state index in [-0.39, 0.29) is 11.0 Å². The Morgan fingerprint density at radius 3 is 2.60 bits per heavy atom. The lowest BCUT2D eigenvalue weighted by molar-refractivity contribution is 0.373. The van der Waals surface area contributed by atoms with Crippen molar-refractivity contribution >= 4 is 11.6 Å². The van der Waals surface area contributed by atoms with Gasteiger partial charge < -0.3 is 10.3 Å². The van der Waals surface area contributed by atoms with Gasteiger partial charge in [-0.2, -0.15) is 0 Å². The van der Waals surface area contributed by atoms with Crippen molar-refractivity contribution in [3.63, 3.8) is 0 Å². The summed E-state index contributed by atoms with van der Waals surface area (Å²) in [6.45, 7) is 7.14. The quantitative estimate of drug-likeness (QED) is 0.862. The van der Waals surface area contributed by atoms with Crippen LogP contribution < -0.4 is 5.73 Å². The van der Waals surface area contributed by atoms with Crippen LogP contribution in [0.4, 0.5) is 0 Å². The van der Waals surface area contributed by atoms with E-state index < -0.39 is 0 Å². The predicted molar refractivity (Wildman–Crippen MR) is 62.1 cm³/mol. The Hall–Kier alpha value is -0.540. The maximum atomic E-state index is 6.26. The maximum Gasteiger partial charge on any atom is 0.150 e. The van der Waals surface area contributed by atoms with E-state index >= 15 is 0 Å². The van der Waals surface area contributed by atoms with Gasteiger partial charge in [-0.25, -0.2) is 4.98 Å². The van der Waals surface area contributed by atoms with Gasteiger partial charge in [-0.1, -0.05) is 11.6 Å². The van der Waals surface area contributed by atoms with E-state index in [1.54, 1.807) is 0 Å². The molecule has 0 amide bonds. The van der Waals surface area contributed by atoms with Gasteiger partial charge in [0.1, 0.15) is 0 Å². The van der Waals surface area contributed by atoms with E-state index in [4.69, 9.17) is 17.3 Å². The number of hydrogen-bond acceptors (Lipinski definition) is 2. The first-order chi connectivity index (χ1) is 6.92. The highest BCUT2D eigenvalue weighted by atomic mass is 35.5. The van der Waals surface area contributed by atoms with E-state index in [1.807, 2.05) is 6.33 Å². The summed E-state index contributed by atoms with van der Waals surface area (Å²) in [5.41, 5.74) is 7.19. The molecule has 0 aromatic carbocycles. The van der Waals surface area contributed by atoms with E-state index in [2.05, 4.69) is 30.3 Å². The molecule has 0 atom stereocenters. The molecule has 1 aromatic heterocycles. The number of aryl methyl sites for hydroxylation is 1. The predicted octanol–water partition coefficient (Wildman–Crippen LogP) is 2.33. The monoisotopic (exact) mass is 227 g/mol. The van der Waals surface area contributed by atoms with Crippen LogP contribution in [-0.2, 0) is 12.0 Å². The molecule has 1 aliphatic rings. The lowest BCUT2D eigenvalue weighted by Crippen LogP contribution is -2.46. The van der Waals surface area contributed by atoms with Crippen molar-refractivity contribution in [3.8, 4) is 0 Å². The van der Waals surface area contributed by atoms with Gasteiger partial charge in [0.25, 0.3) is 0 Å². The molecule has 1 aliphatic carbocycles. The zero-order valence-corrected chi connectivity index (χ0v) is 10.3. The normalized spacial score (nSPS) is 19.3. The molecule has 2 N–H and O–H groups in total. The highest BCUT2D eigenvalue weighted by Gasteiger charge is 2.56. The molecule has 3 nitrogen and oxygen atoms in total. The number of rotatable bonds is 3. The zero-order chi connectivity index (χ0) is 11.3. The largest absolute Gasteiger partial charge is 0.333 e. The van der Waals surface area contributed by atoms with Crippen LogP contribution in [-0.4, -0.2) is 15.1 Å². The van der Waals surface area contributed by atoms with Gasteiger partial charge in [0.15, 0.2) is 5.15 Å². The molecule has 0 radical (unpaired) electrons. The second-order valence-electron chi connectivity index (χ2n) is 4.97. The van der Waals surface area contributed by atoms with E-state index in [0.717, 1.165) is 25.1 Å². The molecule has 84 valence electrons. The summed E-state index contributed by atoms with van der Waals surface area (Å²) in [4.78, 5) is 4.18.